The lowest BCUT2D eigenvalue weighted by Crippen LogP contribution is -1.96. The molecule has 0 aliphatic heterocycles. The van der Waals surface area contributed by atoms with Crippen LogP contribution in [0.2, 0.25) is 0 Å². The van der Waals surface area contributed by atoms with Gasteiger partial charge in [0.25, 0.3) is 0 Å². The molecule has 0 atom stereocenters. The van der Waals surface area contributed by atoms with E-state index < -0.39 is 0 Å². The molecule has 4 heterocycles. The molecule has 10 rings (SSSR count). The Morgan fingerprint density at radius 2 is 0.750 bits per heavy atom. The minimum atomic E-state index is 0.0841. The van der Waals surface area contributed by atoms with Crippen molar-refractivity contribution in [1.82, 2.24) is 19.9 Å². The molecule has 0 saturated carbocycles. The lowest BCUT2D eigenvalue weighted by atomic mass is 10.00. The molecule has 8 aromatic rings. The molecule has 0 unspecified atom stereocenters. The molecule has 0 spiro atoms. The van der Waals surface area contributed by atoms with Crippen LogP contribution in [0.1, 0.15) is 31.8 Å². The third-order valence-corrected chi connectivity index (χ3v) is 9.06. The van der Waals surface area contributed by atoms with E-state index in [1.54, 1.807) is 24.8 Å². The Bertz CT molecular complexity index is 2430. The zero-order valence-corrected chi connectivity index (χ0v) is 25.5. The monoisotopic (exact) mass is 616 g/mol. The SMILES string of the molecule is O=C1c2ccccc2-c2ccc(-c3nccc4ncccc34)cc21.O=C1c2ccccc2-c2ccc(-c3nccc4ncccc34)cc21. The highest BCUT2D eigenvalue weighted by Crippen LogP contribution is 2.40. The third kappa shape index (κ3) is 4.35. The number of hydrogen-bond acceptors (Lipinski definition) is 6. The summed E-state index contributed by atoms with van der Waals surface area (Å²) in [6.45, 7) is 0. The van der Waals surface area contributed by atoms with Gasteiger partial charge in [-0.05, 0) is 70.8 Å². The molecule has 0 radical (unpaired) electrons. The van der Waals surface area contributed by atoms with E-state index in [0.29, 0.717) is 0 Å². The van der Waals surface area contributed by atoms with Crippen molar-refractivity contribution < 1.29 is 9.59 Å². The number of carbonyl (C=O) groups is 2. The van der Waals surface area contributed by atoms with Crippen LogP contribution >= 0.6 is 0 Å². The maximum atomic E-state index is 12.7. The summed E-state index contributed by atoms with van der Waals surface area (Å²) in [4.78, 5) is 43.2. The van der Waals surface area contributed by atoms with E-state index in [9.17, 15) is 9.59 Å². The Morgan fingerprint density at radius 1 is 0.333 bits per heavy atom. The van der Waals surface area contributed by atoms with Crippen molar-refractivity contribution in [3.8, 4) is 44.8 Å². The molecule has 4 aromatic carbocycles. The summed E-state index contributed by atoms with van der Waals surface area (Å²) in [5.41, 5.74) is 12.4. The first-order valence-corrected chi connectivity index (χ1v) is 15.6. The van der Waals surface area contributed by atoms with Gasteiger partial charge in [0.1, 0.15) is 0 Å². The van der Waals surface area contributed by atoms with Crippen molar-refractivity contribution in [2.75, 3.05) is 0 Å². The van der Waals surface area contributed by atoms with Crippen LogP contribution in [0.15, 0.2) is 146 Å². The van der Waals surface area contributed by atoms with Crippen LogP contribution in [0.5, 0.6) is 0 Å². The highest BCUT2D eigenvalue weighted by atomic mass is 16.1. The van der Waals surface area contributed by atoms with Gasteiger partial charge in [-0.1, -0.05) is 72.8 Å². The minimum Gasteiger partial charge on any atom is -0.289 e. The average Bonchev–Trinajstić information content (AvgIpc) is 3.61. The second-order valence-electron chi connectivity index (χ2n) is 11.7. The third-order valence-electron chi connectivity index (χ3n) is 9.06. The Morgan fingerprint density at radius 3 is 1.21 bits per heavy atom. The van der Waals surface area contributed by atoms with Gasteiger partial charge < -0.3 is 0 Å². The van der Waals surface area contributed by atoms with Crippen LogP contribution in [-0.2, 0) is 0 Å². The minimum absolute atomic E-state index is 0.0841. The van der Waals surface area contributed by atoms with Gasteiger partial charge in [0.05, 0.1) is 22.4 Å². The van der Waals surface area contributed by atoms with Gasteiger partial charge in [0.2, 0.25) is 0 Å². The fourth-order valence-corrected chi connectivity index (χ4v) is 6.82. The lowest BCUT2D eigenvalue weighted by molar-refractivity contribution is 0.103. The highest BCUT2D eigenvalue weighted by molar-refractivity contribution is 6.23. The molecule has 0 N–H and O–H groups in total. The second kappa shape index (κ2) is 11.0. The normalized spacial score (nSPS) is 12.2. The molecule has 0 amide bonds. The zero-order chi connectivity index (χ0) is 32.2. The largest absolute Gasteiger partial charge is 0.289 e. The first kappa shape index (κ1) is 27.6. The van der Waals surface area contributed by atoms with Crippen LogP contribution in [-0.4, -0.2) is 31.5 Å². The van der Waals surface area contributed by atoms with Gasteiger partial charge in [-0.2, -0.15) is 0 Å². The van der Waals surface area contributed by atoms with E-state index in [1.165, 1.54) is 0 Å². The smallest absolute Gasteiger partial charge is 0.194 e. The molecule has 6 nitrogen and oxygen atoms in total. The number of fused-ring (bicyclic) bond motifs is 8. The van der Waals surface area contributed by atoms with E-state index in [2.05, 4.69) is 19.9 Å². The molecule has 2 aliphatic carbocycles. The number of nitrogens with zero attached hydrogens (tertiary/aromatic N) is 4. The predicted octanol–water partition coefficient (Wildman–Crippen LogP) is 9.02. The zero-order valence-electron chi connectivity index (χ0n) is 25.5. The number of aromatic nitrogens is 4. The van der Waals surface area contributed by atoms with Crippen LogP contribution in [0.4, 0.5) is 0 Å². The standard InChI is InChI=1S/2C21H12N2O/c2*24-21-16-5-2-1-4-14(16)15-8-7-13(12-18(15)21)20-17-6-3-10-22-19(17)9-11-23-20/h2*1-12H. The van der Waals surface area contributed by atoms with Crippen LogP contribution < -0.4 is 0 Å². The number of rotatable bonds is 2. The molecule has 48 heavy (non-hydrogen) atoms. The second-order valence-corrected chi connectivity index (χ2v) is 11.7. The van der Waals surface area contributed by atoms with Crippen LogP contribution in [0.3, 0.4) is 0 Å². The predicted molar refractivity (Wildman–Crippen MR) is 188 cm³/mol. The molecular formula is C42H24N4O2. The Labute approximate surface area is 275 Å². The van der Waals surface area contributed by atoms with Crippen molar-refractivity contribution in [2.24, 2.45) is 0 Å². The average molecular weight is 617 g/mol. The molecule has 0 bridgehead atoms. The van der Waals surface area contributed by atoms with E-state index >= 15 is 0 Å². The summed E-state index contributed by atoms with van der Waals surface area (Å²) in [7, 11) is 0. The first-order chi connectivity index (χ1) is 23.7. The van der Waals surface area contributed by atoms with E-state index in [-0.39, 0.29) is 11.6 Å². The highest BCUT2D eigenvalue weighted by Gasteiger charge is 2.28. The fraction of sp³-hybridized carbons (Fsp3) is 0. The van der Waals surface area contributed by atoms with Crippen molar-refractivity contribution in [3.63, 3.8) is 0 Å². The number of hydrogen-bond donors (Lipinski definition) is 0. The fourth-order valence-electron chi connectivity index (χ4n) is 6.82. The Hall–Kier alpha value is -6.66. The van der Waals surface area contributed by atoms with Crippen molar-refractivity contribution in [2.45, 2.75) is 0 Å². The quantitative estimate of drug-likeness (QED) is 0.193. The Balaban J connectivity index is 0.000000131. The summed E-state index contributed by atoms with van der Waals surface area (Å²) in [6, 6.07) is 39.1. The van der Waals surface area contributed by atoms with Gasteiger partial charge in [0, 0.05) is 68.9 Å². The number of carbonyl (C=O) groups excluding carboxylic acids is 2. The number of benzene rings is 4. The summed E-state index contributed by atoms with van der Waals surface area (Å²) in [5.74, 6) is 0.168. The summed E-state index contributed by atoms with van der Waals surface area (Å²) in [6.07, 6.45) is 7.06. The summed E-state index contributed by atoms with van der Waals surface area (Å²) in [5, 5.41) is 1.98. The van der Waals surface area contributed by atoms with Gasteiger partial charge >= 0.3 is 0 Å². The number of pyridine rings is 4. The molecule has 224 valence electrons. The Kier molecular flexibility index (Phi) is 6.33. The lowest BCUT2D eigenvalue weighted by Gasteiger charge is -2.07. The molecule has 6 heteroatoms. The molecule has 0 saturated heterocycles. The van der Waals surface area contributed by atoms with Gasteiger partial charge in [-0.3, -0.25) is 29.5 Å². The molecule has 0 fully saturated rings. The maximum absolute atomic E-state index is 12.7. The van der Waals surface area contributed by atoms with E-state index in [4.69, 9.17) is 0 Å². The molecule has 4 aromatic heterocycles. The van der Waals surface area contributed by atoms with Crippen molar-refractivity contribution >= 4 is 33.4 Å². The summed E-state index contributed by atoms with van der Waals surface area (Å²) >= 11 is 0. The molecule has 2 aliphatic rings. The van der Waals surface area contributed by atoms with Gasteiger partial charge in [-0.25, -0.2) is 0 Å². The van der Waals surface area contributed by atoms with E-state index in [0.717, 1.165) is 88.8 Å². The van der Waals surface area contributed by atoms with E-state index in [1.807, 2.05) is 121 Å². The number of ketones is 2. The molecular weight excluding hydrogens is 592 g/mol. The van der Waals surface area contributed by atoms with Gasteiger partial charge in [-0.15, -0.1) is 0 Å². The summed E-state index contributed by atoms with van der Waals surface area (Å²) < 4.78 is 0. The first-order valence-electron chi connectivity index (χ1n) is 15.6. The van der Waals surface area contributed by atoms with Crippen LogP contribution in [0.25, 0.3) is 66.6 Å². The topological polar surface area (TPSA) is 85.7 Å². The maximum Gasteiger partial charge on any atom is 0.194 e. The van der Waals surface area contributed by atoms with Crippen molar-refractivity contribution in [1.29, 1.82) is 0 Å². The van der Waals surface area contributed by atoms with Crippen LogP contribution in [0, 0.1) is 0 Å². The van der Waals surface area contributed by atoms with Crippen molar-refractivity contribution in [3.05, 3.63) is 168 Å². The van der Waals surface area contributed by atoms with Gasteiger partial charge in [0.15, 0.2) is 11.6 Å².